The van der Waals surface area contributed by atoms with Gasteiger partial charge in [0.05, 0.1) is 10.5 Å². The van der Waals surface area contributed by atoms with Crippen LogP contribution in [-0.4, -0.2) is 30.1 Å². The Hall–Kier alpha value is -1.89. The van der Waals surface area contributed by atoms with E-state index in [-0.39, 0.29) is 5.75 Å². The number of hydrogen-bond donors (Lipinski definition) is 2. The molecule has 1 aromatic rings. The number of carboxylic acids is 1. The molecule has 7 heteroatoms. The van der Waals surface area contributed by atoms with Crippen LogP contribution in [0.25, 0.3) is 0 Å². The number of rotatable bonds is 5. The first kappa shape index (κ1) is 17.5. The third-order valence-electron chi connectivity index (χ3n) is 4.10. The van der Waals surface area contributed by atoms with Crippen LogP contribution in [0, 0.1) is 5.41 Å². The van der Waals surface area contributed by atoms with Crippen molar-refractivity contribution in [2.24, 2.45) is 5.41 Å². The maximum atomic E-state index is 12.2. The van der Waals surface area contributed by atoms with Crippen LogP contribution in [0.1, 0.15) is 39.2 Å². The Morgan fingerprint density at radius 1 is 1.17 bits per heavy atom. The molecule has 0 bridgehead atoms. The van der Waals surface area contributed by atoms with Gasteiger partial charge >= 0.3 is 5.97 Å². The summed E-state index contributed by atoms with van der Waals surface area (Å²) in [6.45, 7) is 4.95. The maximum absolute atomic E-state index is 12.2. The van der Waals surface area contributed by atoms with E-state index in [1.807, 2.05) is 0 Å². The molecule has 23 heavy (non-hydrogen) atoms. The largest absolute Gasteiger partial charge is 0.480 e. The average molecular weight is 339 g/mol. The molecule has 1 amide bonds. The molecule has 6 nitrogen and oxygen atoms in total. The van der Waals surface area contributed by atoms with Crippen LogP contribution >= 0.6 is 0 Å². The molecule has 0 aromatic heterocycles. The van der Waals surface area contributed by atoms with Crippen LogP contribution in [0.2, 0.25) is 0 Å². The molecule has 0 unspecified atom stereocenters. The van der Waals surface area contributed by atoms with E-state index in [0.29, 0.717) is 24.1 Å². The van der Waals surface area contributed by atoms with E-state index in [1.165, 1.54) is 0 Å². The first-order valence-corrected chi connectivity index (χ1v) is 8.99. The predicted molar refractivity (Wildman–Crippen MR) is 86.8 cm³/mol. The van der Waals surface area contributed by atoms with Crippen LogP contribution in [-0.2, 0) is 25.2 Å². The van der Waals surface area contributed by atoms with Gasteiger partial charge in [-0.15, -0.1) is 0 Å². The lowest BCUT2D eigenvalue weighted by molar-refractivity contribution is -0.147. The first-order chi connectivity index (χ1) is 10.5. The van der Waals surface area contributed by atoms with Gasteiger partial charge in [-0.1, -0.05) is 12.1 Å². The molecule has 0 spiro atoms. The summed E-state index contributed by atoms with van der Waals surface area (Å²) in [5.41, 5.74) is -0.217. The molecular weight excluding hydrogens is 318 g/mol. The van der Waals surface area contributed by atoms with Crippen molar-refractivity contribution in [3.63, 3.8) is 0 Å². The Morgan fingerprint density at radius 2 is 1.70 bits per heavy atom. The molecule has 0 saturated heterocycles. The van der Waals surface area contributed by atoms with Crippen molar-refractivity contribution in [2.45, 2.75) is 44.1 Å². The highest BCUT2D eigenvalue weighted by atomic mass is 32.2. The van der Waals surface area contributed by atoms with Crippen LogP contribution in [0.5, 0.6) is 0 Å². The van der Waals surface area contributed by atoms with E-state index in [4.69, 9.17) is 5.11 Å². The number of amides is 1. The van der Waals surface area contributed by atoms with E-state index in [0.717, 1.165) is 0 Å². The highest BCUT2D eigenvalue weighted by Gasteiger charge is 2.57. The number of benzene rings is 1. The van der Waals surface area contributed by atoms with Gasteiger partial charge in [0.15, 0.2) is 9.84 Å². The standard InChI is InChI=1S/C16H21NO5S/c1-15(2,3)23(21,22)10-11-4-6-12(7-5-11)17-13(18)16(8-9-16)14(19)20/h4-7H,8-10H2,1-3H3,(H,17,18)(H,19,20). The lowest BCUT2D eigenvalue weighted by Crippen LogP contribution is -2.31. The van der Waals surface area contributed by atoms with E-state index in [2.05, 4.69) is 5.32 Å². The molecule has 2 rings (SSSR count). The lowest BCUT2D eigenvalue weighted by Gasteiger charge is -2.19. The number of carbonyl (C=O) groups is 2. The average Bonchev–Trinajstić information content (AvgIpc) is 3.20. The minimum absolute atomic E-state index is 0.0796. The van der Waals surface area contributed by atoms with Crippen molar-refractivity contribution in [1.29, 1.82) is 0 Å². The normalized spacial score (nSPS) is 16.7. The molecule has 1 aliphatic carbocycles. The molecule has 1 fully saturated rings. The molecule has 0 aliphatic heterocycles. The monoisotopic (exact) mass is 339 g/mol. The summed E-state index contributed by atoms with van der Waals surface area (Å²) in [6.07, 6.45) is 0.687. The summed E-state index contributed by atoms with van der Waals surface area (Å²) < 4.78 is 23.5. The minimum Gasteiger partial charge on any atom is -0.480 e. The zero-order chi connectivity index (χ0) is 17.5. The lowest BCUT2D eigenvalue weighted by atomic mass is 10.1. The van der Waals surface area contributed by atoms with Crippen LogP contribution in [0.15, 0.2) is 24.3 Å². The molecule has 126 valence electrons. The van der Waals surface area contributed by atoms with Gasteiger partial charge in [-0.05, 0) is 51.3 Å². The Morgan fingerprint density at radius 3 is 2.09 bits per heavy atom. The Bertz CT molecular complexity index is 725. The highest BCUT2D eigenvalue weighted by molar-refractivity contribution is 7.91. The second-order valence-corrected chi connectivity index (χ2v) is 9.65. The molecule has 0 radical (unpaired) electrons. The summed E-state index contributed by atoms with van der Waals surface area (Å²) in [7, 11) is -3.28. The SMILES string of the molecule is CC(C)(C)S(=O)(=O)Cc1ccc(NC(=O)C2(C(=O)O)CC2)cc1. The zero-order valence-corrected chi connectivity index (χ0v) is 14.2. The fourth-order valence-corrected chi connectivity index (χ4v) is 3.10. The third-order valence-corrected chi connectivity index (χ3v) is 6.67. The van der Waals surface area contributed by atoms with Gasteiger partial charge in [0.1, 0.15) is 5.41 Å². The number of nitrogens with one attached hydrogen (secondary N) is 1. The van der Waals surface area contributed by atoms with Crippen molar-refractivity contribution >= 4 is 27.4 Å². The summed E-state index contributed by atoms with van der Waals surface area (Å²) in [4.78, 5) is 23.1. The van der Waals surface area contributed by atoms with Crippen LogP contribution < -0.4 is 5.32 Å². The fourth-order valence-electron chi connectivity index (χ4n) is 2.03. The maximum Gasteiger partial charge on any atom is 0.319 e. The van der Waals surface area contributed by atoms with Gasteiger partial charge < -0.3 is 10.4 Å². The molecule has 1 saturated carbocycles. The smallest absolute Gasteiger partial charge is 0.319 e. The van der Waals surface area contributed by atoms with Crippen molar-refractivity contribution in [1.82, 2.24) is 0 Å². The van der Waals surface area contributed by atoms with Crippen molar-refractivity contribution < 1.29 is 23.1 Å². The molecule has 1 aromatic carbocycles. The number of carbonyl (C=O) groups excluding carboxylic acids is 1. The van der Waals surface area contributed by atoms with Crippen molar-refractivity contribution in [3.05, 3.63) is 29.8 Å². The topological polar surface area (TPSA) is 101 Å². The van der Waals surface area contributed by atoms with E-state index < -0.39 is 31.9 Å². The zero-order valence-electron chi connectivity index (χ0n) is 13.4. The van der Waals surface area contributed by atoms with Gasteiger partial charge in [0.25, 0.3) is 0 Å². The summed E-state index contributed by atoms with van der Waals surface area (Å²) >= 11 is 0. The van der Waals surface area contributed by atoms with Crippen LogP contribution in [0.4, 0.5) is 5.69 Å². The second kappa shape index (κ2) is 5.63. The number of anilines is 1. The van der Waals surface area contributed by atoms with Gasteiger partial charge in [-0.2, -0.15) is 0 Å². The summed E-state index contributed by atoms with van der Waals surface area (Å²) in [5, 5.41) is 11.6. The number of carboxylic acid groups (broad SMARTS) is 1. The molecule has 2 N–H and O–H groups in total. The summed E-state index contributed by atoms with van der Waals surface area (Å²) in [6, 6.07) is 6.42. The molecular formula is C16H21NO5S. The van der Waals surface area contributed by atoms with Gasteiger partial charge in [-0.25, -0.2) is 8.42 Å². The summed E-state index contributed by atoms with van der Waals surface area (Å²) in [5.74, 6) is -1.72. The first-order valence-electron chi connectivity index (χ1n) is 7.34. The molecule has 1 aliphatic rings. The van der Waals surface area contributed by atoms with E-state index in [1.54, 1.807) is 45.0 Å². The second-order valence-electron chi connectivity index (χ2n) is 6.91. The van der Waals surface area contributed by atoms with Crippen molar-refractivity contribution in [2.75, 3.05) is 5.32 Å². The number of hydrogen-bond acceptors (Lipinski definition) is 4. The van der Waals surface area contributed by atoms with Gasteiger partial charge in [-0.3, -0.25) is 9.59 Å². The van der Waals surface area contributed by atoms with Crippen LogP contribution in [0.3, 0.4) is 0 Å². The number of sulfone groups is 1. The van der Waals surface area contributed by atoms with Gasteiger partial charge in [0, 0.05) is 5.69 Å². The third kappa shape index (κ3) is 3.55. The van der Waals surface area contributed by atoms with Crippen molar-refractivity contribution in [3.8, 4) is 0 Å². The Labute approximate surface area is 135 Å². The van der Waals surface area contributed by atoms with Gasteiger partial charge in [0.2, 0.25) is 5.91 Å². The Kier molecular flexibility index (Phi) is 4.28. The highest BCUT2D eigenvalue weighted by Crippen LogP contribution is 2.46. The predicted octanol–water partition coefficient (Wildman–Crippen LogP) is 2.20. The Balaban J connectivity index is 2.06. The van der Waals surface area contributed by atoms with E-state index >= 15 is 0 Å². The number of aliphatic carboxylic acids is 1. The quantitative estimate of drug-likeness (QED) is 0.801. The molecule has 0 atom stereocenters. The van der Waals surface area contributed by atoms with E-state index in [9.17, 15) is 18.0 Å². The fraction of sp³-hybridized carbons (Fsp3) is 0.500. The molecule has 0 heterocycles. The minimum atomic E-state index is -3.28.